The molecule has 2 heterocycles. The number of nitrogens with zero attached hydrogens (tertiary/aromatic N) is 2. The summed E-state index contributed by atoms with van der Waals surface area (Å²) >= 11 is 0. The van der Waals surface area contributed by atoms with Crippen molar-refractivity contribution in [3.8, 4) is 28.2 Å². The van der Waals surface area contributed by atoms with Gasteiger partial charge in [-0.15, -0.1) is 0 Å². The van der Waals surface area contributed by atoms with Crippen LogP contribution in [0.3, 0.4) is 0 Å². The molecule has 0 bridgehead atoms. The number of hydrogen-bond acceptors (Lipinski definition) is 1. The summed E-state index contributed by atoms with van der Waals surface area (Å²) in [5, 5.41) is 2.59. The molecule has 2 nitrogen and oxygen atoms in total. The van der Waals surface area contributed by atoms with E-state index in [0.717, 1.165) is 41.0 Å². The molecule has 0 amide bonds. The molecule has 1 unspecified atom stereocenters. The van der Waals surface area contributed by atoms with Gasteiger partial charge in [0.1, 0.15) is 0 Å². The Bertz CT molecular complexity index is 2520. The van der Waals surface area contributed by atoms with Crippen LogP contribution >= 0.6 is 0 Å². The molecule has 0 saturated heterocycles. The third-order valence-corrected chi connectivity index (χ3v) is 11.1. The molecule has 2 heteroatoms. The molecule has 0 aliphatic heterocycles. The lowest BCUT2D eigenvalue weighted by Gasteiger charge is -2.37. The van der Waals surface area contributed by atoms with E-state index in [-0.39, 0.29) is 5.41 Å². The van der Waals surface area contributed by atoms with Gasteiger partial charge in [0.15, 0.2) is 0 Å². The second-order valence-electron chi connectivity index (χ2n) is 13.7. The summed E-state index contributed by atoms with van der Waals surface area (Å²) in [4.78, 5) is 5.23. The van der Waals surface area contributed by atoms with Crippen molar-refractivity contribution in [2.45, 2.75) is 31.1 Å². The van der Waals surface area contributed by atoms with Gasteiger partial charge in [-0.1, -0.05) is 146 Å². The number of fused-ring (bicyclic) bond motifs is 5. The first-order valence-electron chi connectivity index (χ1n) is 17.9. The lowest BCUT2D eigenvalue weighted by molar-refractivity contribution is 0.636. The Balaban J connectivity index is 1.32. The molecule has 0 fully saturated rings. The zero-order chi connectivity index (χ0) is 33.1. The van der Waals surface area contributed by atoms with Crippen LogP contribution in [0.25, 0.3) is 55.6 Å². The third-order valence-electron chi connectivity index (χ3n) is 11.1. The van der Waals surface area contributed by atoms with Crippen molar-refractivity contribution in [3.05, 3.63) is 198 Å². The number of hydrogen-bond donors (Lipinski definition) is 0. The molecule has 1 atom stereocenters. The van der Waals surface area contributed by atoms with Crippen LogP contribution in [0.2, 0.25) is 0 Å². The number of aromatic nitrogens is 2. The highest BCUT2D eigenvalue weighted by Gasteiger charge is 2.48. The Kier molecular flexibility index (Phi) is 6.70. The molecule has 10 rings (SSSR count). The fourth-order valence-corrected chi connectivity index (χ4v) is 9.10. The molecule has 0 radical (unpaired) electrons. The number of pyridine rings is 1. The lowest BCUT2D eigenvalue weighted by atomic mass is 9.64. The molecule has 0 spiro atoms. The minimum Gasteiger partial charge on any atom is -0.309 e. The summed E-state index contributed by atoms with van der Waals surface area (Å²) in [5.74, 6) is 0. The van der Waals surface area contributed by atoms with Crippen LogP contribution in [0.1, 0.15) is 47.9 Å². The van der Waals surface area contributed by atoms with Crippen LogP contribution in [0.5, 0.6) is 0 Å². The molecular formula is C48H36N2. The van der Waals surface area contributed by atoms with E-state index in [2.05, 4.69) is 174 Å². The highest BCUT2D eigenvalue weighted by Crippen LogP contribution is 2.60. The summed E-state index contributed by atoms with van der Waals surface area (Å²) in [6, 6.07) is 62.2. The van der Waals surface area contributed by atoms with E-state index >= 15 is 0 Å². The van der Waals surface area contributed by atoms with Crippen molar-refractivity contribution in [1.29, 1.82) is 0 Å². The lowest BCUT2D eigenvalue weighted by Crippen LogP contribution is -2.30. The maximum Gasteiger partial charge on any atom is 0.0730 e. The molecule has 6 aromatic carbocycles. The van der Waals surface area contributed by atoms with E-state index < -0.39 is 0 Å². The van der Waals surface area contributed by atoms with Gasteiger partial charge in [0.2, 0.25) is 0 Å². The summed E-state index contributed by atoms with van der Waals surface area (Å²) < 4.78 is 2.48. The Hall–Kier alpha value is -5.99. The van der Waals surface area contributed by atoms with Crippen LogP contribution in [-0.2, 0) is 5.41 Å². The van der Waals surface area contributed by atoms with Gasteiger partial charge in [-0.2, -0.15) is 0 Å². The second-order valence-corrected chi connectivity index (χ2v) is 13.7. The first-order valence-corrected chi connectivity index (χ1v) is 17.9. The van der Waals surface area contributed by atoms with Crippen molar-refractivity contribution in [1.82, 2.24) is 9.55 Å². The Morgan fingerprint density at radius 3 is 1.82 bits per heavy atom. The van der Waals surface area contributed by atoms with Crippen molar-refractivity contribution in [2.75, 3.05) is 0 Å². The molecule has 2 aromatic heterocycles. The number of benzene rings is 6. The molecule has 0 saturated carbocycles. The zero-order valence-corrected chi connectivity index (χ0v) is 27.9. The van der Waals surface area contributed by atoms with Crippen molar-refractivity contribution < 1.29 is 0 Å². The fraction of sp³-hybridized carbons (Fsp3) is 0.104. The first kappa shape index (κ1) is 29.0. The fourth-order valence-electron chi connectivity index (χ4n) is 9.10. The quantitative estimate of drug-likeness (QED) is 0.183. The van der Waals surface area contributed by atoms with E-state index in [1.165, 1.54) is 56.9 Å². The van der Waals surface area contributed by atoms with E-state index in [4.69, 9.17) is 4.98 Å². The average Bonchev–Trinajstić information content (AvgIpc) is 3.70. The van der Waals surface area contributed by atoms with Gasteiger partial charge in [-0.3, -0.25) is 0 Å². The van der Waals surface area contributed by atoms with Gasteiger partial charge < -0.3 is 4.57 Å². The molecule has 0 N–H and O–H groups in total. The normalized spacial score (nSPS) is 16.9. The van der Waals surface area contributed by atoms with Crippen molar-refractivity contribution >= 4 is 27.4 Å². The standard InChI is InChI=1S/C48H36N2/c1-4-17-33(18-5-1)43-31-36(32-44(49-43)34-19-6-2-7-20-34)50-45-29-15-12-25-39(45)47-42(28-16-30-46(47)50)48(35-21-8-3-9-22-35)40-26-13-10-23-37(40)38-24-11-14-27-41(38)48/h1-10,12-13,15-23,25-26,28-32H,11,14,24,27H2. The predicted molar refractivity (Wildman–Crippen MR) is 208 cm³/mol. The number of allylic oxidation sites excluding steroid dienone is 2. The van der Waals surface area contributed by atoms with Crippen LogP contribution in [0, 0.1) is 0 Å². The zero-order valence-electron chi connectivity index (χ0n) is 27.9. The highest BCUT2D eigenvalue weighted by atomic mass is 15.0. The van der Waals surface area contributed by atoms with Crippen LogP contribution < -0.4 is 0 Å². The third kappa shape index (κ3) is 4.25. The largest absolute Gasteiger partial charge is 0.309 e. The second kappa shape index (κ2) is 11.6. The van der Waals surface area contributed by atoms with E-state index in [1.807, 2.05) is 0 Å². The average molecular weight is 641 g/mol. The monoisotopic (exact) mass is 640 g/mol. The molecule has 2 aliphatic carbocycles. The maximum atomic E-state index is 5.23. The molecule has 50 heavy (non-hydrogen) atoms. The topological polar surface area (TPSA) is 17.8 Å². The minimum atomic E-state index is -0.370. The van der Waals surface area contributed by atoms with Crippen molar-refractivity contribution in [2.24, 2.45) is 0 Å². The Morgan fingerprint density at radius 1 is 0.500 bits per heavy atom. The van der Waals surface area contributed by atoms with E-state index in [1.54, 1.807) is 11.1 Å². The maximum absolute atomic E-state index is 5.23. The van der Waals surface area contributed by atoms with Crippen molar-refractivity contribution in [3.63, 3.8) is 0 Å². The van der Waals surface area contributed by atoms with Crippen LogP contribution in [0.4, 0.5) is 0 Å². The summed E-state index contributed by atoms with van der Waals surface area (Å²) in [5.41, 5.74) is 16.0. The van der Waals surface area contributed by atoms with Crippen LogP contribution in [-0.4, -0.2) is 9.55 Å². The first-order chi connectivity index (χ1) is 24.8. The predicted octanol–water partition coefficient (Wildman–Crippen LogP) is 12.2. The molecular weight excluding hydrogens is 605 g/mol. The minimum absolute atomic E-state index is 0.370. The van der Waals surface area contributed by atoms with Crippen LogP contribution in [0.15, 0.2) is 175 Å². The smallest absolute Gasteiger partial charge is 0.0730 e. The molecule has 8 aromatic rings. The van der Waals surface area contributed by atoms with Gasteiger partial charge in [0.25, 0.3) is 0 Å². The van der Waals surface area contributed by atoms with Gasteiger partial charge in [0.05, 0.1) is 33.5 Å². The summed E-state index contributed by atoms with van der Waals surface area (Å²) in [6.45, 7) is 0. The number of para-hydroxylation sites is 1. The van der Waals surface area contributed by atoms with Gasteiger partial charge in [0, 0.05) is 21.9 Å². The van der Waals surface area contributed by atoms with E-state index in [0.29, 0.717) is 0 Å². The summed E-state index contributed by atoms with van der Waals surface area (Å²) in [6.07, 6.45) is 4.72. The van der Waals surface area contributed by atoms with E-state index in [9.17, 15) is 0 Å². The Labute approximate surface area is 293 Å². The molecule has 2 aliphatic rings. The van der Waals surface area contributed by atoms with Gasteiger partial charge >= 0.3 is 0 Å². The Morgan fingerprint density at radius 2 is 1.08 bits per heavy atom. The van der Waals surface area contributed by atoms with Gasteiger partial charge in [-0.05, 0) is 83.3 Å². The van der Waals surface area contributed by atoms with Gasteiger partial charge in [-0.25, -0.2) is 4.98 Å². The molecule has 238 valence electrons. The number of rotatable bonds is 5. The summed E-state index contributed by atoms with van der Waals surface area (Å²) in [7, 11) is 0. The SMILES string of the molecule is c1ccc(-c2cc(-n3c4ccccc4c4c(C5(c6ccccc6)C6=C(CCCC6)c6ccccc65)cccc43)cc(-c3ccccc3)n2)cc1. The highest BCUT2D eigenvalue weighted by molar-refractivity contribution is 6.12.